The van der Waals surface area contributed by atoms with Gasteiger partial charge in [-0.15, -0.1) is 0 Å². The van der Waals surface area contributed by atoms with Gasteiger partial charge in [-0.25, -0.2) is 4.99 Å². The van der Waals surface area contributed by atoms with Gasteiger partial charge in [0, 0.05) is 5.92 Å². The standard InChI is InChI=1S/C10H9ClN4S/c11-6-3-4-7-9(15-16-14-7)8(6)13-10(12)5-1-2-5/h3-5H,1-2H2,(H2,12,13). The molecule has 0 spiro atoms. The first-order valence-corrected chi connectivity index (χ1v) is 6.11. The van der Waals surface area contributed by atoms with Gasteiger partial charge in [-0.05, 0) is 25.0 Å². The van der Waals surface area contributed by atoms with Crippen LogP contribution in [0.4, 0.5) is 5.69 Å². The van der Waals surface area contributed by atoms with Crippen molar-refractivity contribution in [1.29, 1.82) is 0 Å². The summed E-state index contributed by atoms with van der Waals surface area (Å²) in [6.45, 7) is 0. The van der Waals surface area contributed by atoms with Crippen LogP contribution in [0, 0.1) is 5.92 Å². The highest BCUT2D eigenvalue weighted by Crippen LogP contribution is 2.35. The summed E-state index contributed by atoms with van der Waals surface area (Å²) in [6.07, 6.45) is 2.25. The second-order valence-electron chi connectivity index (χ2n) is 3.84. The third kappa shape index (κ3) is 1.66. The maximum atomic E-state index is 6.10. The number of aliphatic imine (C=N–C) groups is 1. The van der Waals surface area contributed by atoms with Crippen molar-refractivity contribution in [2.45, 2.75) is 12.8 Å². The van der Waals surface area contributed by atoms with Gasteiger partial charge in [0.15, 0.2) is 0 Å². The second kappa shape index (κ2) is 3.68. The van der Waals surface area contributed by atoms with E-state index < -0.39 is 0 Å². The summed E-state index contributed by atoms with van der Waals surface area (Å²) < 4.78 is 8.35. The van der Waals surface area contributed by atoms with Gasteiger partial charge in [-0.1, -0.05) is 11.6 Å². The predicted molar refractivity (Wildman–Crippen MR) is 66.4 cm³/mol. The van der Waals surface area contributed by atoms with Crippen LogP contribution in [0.2, 0.25) is 5.02 Å². The highest BCUT2D eigenvalue weighted by atomic mass is 35.5. The van der Waals surface area contributed by atoms with Gasteiger partial charge >= 0.3 is 0 Å². The molecule has 1 aromatic carbocycles. The molecule has 3 rings (SSSR count). The van der Waals surface area contributed by atoms with E-state index in [9.17, 15) is 0 Å². The third-order valence-electron chi connectivity index (χ3n) is 2.59. The fourth-order valence-electron chi connectivity index (χ4n) is 1.52. The molecule has 2 aromatic rings. The van der Waals surface area contributed by atoms with E-state index >= 15 is 0 Å². The average Bonchev–Trinajstić information content (AvgIpc) is 3.01. The van der Waals surface area contributed by atoms with Crippen molar-refractivity contribution in [2.24, 2.45) is 16.6 Å². The Bertz CT molecular complexity index is 573. The molecule has 2 N–H and O–H groups in total. The Hall–Kier alpha value is -1.20. The molecule has 1 aliphatic rings. The largest absolute Gasteiger partial charge is 0.387 e. The minimum absolute atomic E-state index is 0.429. The van der Waals surface area contributed by atoms with Crippen LogP contribution in [0.1, 0.15) is 12.8 Å². The van der Waals surface area contributed by atoms with Gasteiger partial charge in [0.25, 0.3) is 0 Å². The van der Waals surface area contributed by atoms with Crippen LogP contribution in [0.3, 0.4) is 0 Å². The predicted octanol–water partition coefficient (Wildman–Crippen LogP) is 2.74. The van der Waals surface area contributed by atoms with Crippen molar-refractivity contribution >= 4 is 45.9 Å². The number of halogens is 1. The molecule has 1 heterocycles. The number of hydrogen-bond donors (Lipinski definition) is 1. The molecular formula is C10H9ClN4S. The molecule has 0 aliphatic heterocycles. The first-order chi connectivity index (χ1) is 7.75. The van der Waals surface area contributed by atoms with Crippen molar-refractivity contribution in [2.75, 3.05) is 0 Å². The molecule has 0 atom stereocenters. The number of rotatable bonds is 2. The quantitative estimate of drug-likeness (QED) is 0.660. The molecule has 0 amide bonds. The van der Waals surface area contributed by atoms with Gasteiger partial charge in [-0.2, -0.15) is 8.75 Å². The van der Waals surface area contributed by atoms with E-state index in [4.69, 9.17) is 17.3 Å². The van der Waals surface area contributed by atoms with Gasteiger partial charge in [0.1, 0.15) is 22.6 Å². The lowest BCUT2D eigenvalue weighted by Crippen LogP contribution is -2.13. The fraction of sp³-hybridized carbons (Fsp3) is 0.300. The lowest BCUT2D eigenvalue weighted by atomic mass is 10.2. The molecule has 1 fully saturated rings. The zero-order valence-electron chi connectivity index (χ0n) is 8.35. The zero-order chi connectivity index (χ0) is 11.1. The number of amidine groups is 1. The average molecular weight is 253 g/mol. The number of benzene rings is 1. The van der Waals surface area contributed by atoms with Gasteiger partial charge in [0.05, 0.1) is 16.8 Å². The third-order valence-corrected chi connectivity index (χ3v) is 3.44. The van der Waals surface area contributed by atoms with Gasteiger partial charge in [-0.3, -0.25) is 0 Å². The van der Waals surface area contributed by atoms with Crippen LogP contribution in [0.15, 0.2) is 17.1 Å². The van der Waals surface area contributed by atoms with Gasteiger partial charge < -0.3 is 5.73 Å². The number of hydrogen-bond acceptors (Lipinski definition) is 4. The highest BCUT2D eigenvalue weighted by molar-refractivity contribution is 7.00. The molecule has 4 nitrogen and oxygen atoms in total. The Balaban J connectivity index is 2.16. The van der Waals surface area contributed by atoms with E-state index in [0.717, 1.165) is 35.6 Å². The van der Waals surface area contributed by atoms with Crippen molar-refractivity contribution < 1.29 is 0 Å². The molecule has 0 radical (unpaired) electrons. The van der Waals surface area contributed by atoms with Crippen molar-refractivity contribution in [3.63, 3.8) is 0 Å². The number of fused-ring (bicyclic) bond motifs is 1. The maximum absolute atomic E-state index is 6.10. The molecular weight excluding hydrogens is 244 g/mol. The SMILES string of the molecule is NC(=Nc1c(Cl)ccc2nsnc12)C1CC1. The van der Waals surface area contributed by atoms with Crippen LogP contribution in [-0.2, 0) is 0 Å². The fourth-order valence-corrected chi connectivity index (χ4v) is 2.25. The summed E-state index contributed by atoms with van der Waals surface area (Å²) in [4.78, 5) is 4.39. The minimum atomic E-state index is 0.429. The maximum Gasteiger partial charge on any atom is 0.132 e. The molecule has 0 saturated heterocycles. The number of aromatic nitrogens is 2. The van der Waals surface area contributed by atoms with Crippen LogP contribution in [-0.4, -0.2) is 14.6 Å². The smallest absolute Gasteiger partial charge is 0.132 e. The van der Waals surface area contributed by atoms with E-state index in [1.54, 1.807) is 6.07 Å². The summed E-state index contributed by atoms with van der Waals surface area (Å²) in [5.41, 5.74) is 8.09. The molecule has 1 saturated carbocycles. The van der Waals surface area contributed by atoms with E-state index in [1.165, 1.54) is 0 Å². The summed E-state index contributed by atoms with van der Waals surface area (Å²) in [7, 11) is 0. The molecule has 1 aromatic heterocycles. The van der Waals surface area contributed by atoms with Crippen LogP contribution >= 0.6 is 23.3 Å². The monoisotopic (exact) mass is 252 g/mol. The first-order valence-electron chi connectivity index (χ1n) is 5.00. The lowest BCUT2D eigenvalue weighted by molar-refractivity contribution is 1.16. The summed E-state index contributed by atoms with van der Waals surface area (Å²) in [5, 5.41) is 0.573. The minimum Gasteiger partial charge on any atom is -0.387 e. The van der Waals surface area contributed by atoms with Crippen LogP contribution < -0.4 is 5.73 Å². The van der Waals surface area contributed by atoms with E-state index in [1.807, 2.05) is 6.07 Å². The Kier molecular flexibility index (Phi) is 2.29. The molecule has 0 unspecified atom stereocenters. The molecule has 16 heavy (non-hydrogen) atoms. The second-order valence-corrected chi connectivity index (χ2v) is 4.77. The highest BCUT2D eigenvalue weighted by Gasteiger charge is 2.26. The molecule has 0 bridgehead atoms. The van der Waals surface area contributed by atoms with Gasteiger partial charge in [0.2, 0.25) is 0 Å². The van der Waals surface area contributed by atoms with E-state index in [0.29, 0.717) is 22.5 Å². The van der Waals surface area contributed by atoms with Crippen LogP contribution in [0.5, 0.6) is 0 Å². The number of nitrogens with two attached hydrogens (primary N) is 1. The number of nitrogens with zero attached hydrogens (tertiary/aromatic N) is 3. The van der Waals surface area contributed by atoms with E-state index in [2.05, 4.69) is 13.7 Å². The van der Waals surface area contributed by atoms with E-state index in [-0.39, 0.29) is 0 Å². The van der Waals surface area contributed by atoms with Crippen molar-refractivity contribution in [3.8, 4) is 0 Å². The first kappa shape index (κ1) is 9.99. The van der Waals surface area contributed by atoms with Crippen LogP contribution in [0.25, 0.3) is 11.0 Å². The Morgan fingerprint density at radius 2 is 2.25 bits per heavy atom. The Labute approximate surface area is 101 Å². The summed E-state index contributed by atoms with van der Waals surface area (Å²) in [6, 6.07) is 3.62. The van der Waals surface area contributed by atoms with Crippen molar-refractivity contribution in [1.82, 2.24) is 8.75 Å². The Morgan fingerprint density at radius 3 is 3.00 bits per heavy atom. The zero-order valence-corrected chi connectivity index (χ0v) is 9.92. The topological polar surface area (TPSA) is 64.2 Å². The Morgan fingerprint density at radius 1 is 1.44 bits per heavy atom. The molecule has 1 aliphatic carbocycles. The van der Waals surface area contributed by atoms with Crippen molar-refractivity contribution in [3.05, 3.63) is 17.2 Å². The normalized spacial score (nSPS) is 16.9. The molecule has 82 valence electrons. The lowest BCUT2D eigenvalue weighted by Gasteiger charge is -2.01. The summed E-state index contributed by atoms with van der Waals surface area (Å²) in [5.74, 6) is 1.08. The molecule has 6 heteroatoms. The summed E-state index contributed by atoms with van der Waals surface area (Å²) >= 11 is 7.26.